The molecule has 0 radical (unpaired) electrons. The van der Waals surface area contributed by atoms with Gasteiger partial charge in [-0.1, -0.05) is 43.7 Å². The van der Waals surface area contributed by atoms with Gasteiger partial charge in [-0.15, -0.1) is 0 Å². The second-order valence-corrected chi connectivity index (χ2v) is 5.00. The topological polar surface area (TPSA) is 29.5 Å². The number of carbonyl (C=O) groups is 1. The molecule has 3 nitrogen and oxygen atoms in total. The zero-order chi connectivity index (χ0) is 14.8. The molecule has 3 heteroatoms. The zero-order valence-corrected chi connectivity index (χ0v) is 13.0. The third-order valence-corrected chi connectivity index (χ3v) is 3.49. The standard InChI is InChI=1S/C17H27NO2/c1-4-10-16(17(19)18(5-2)6-3)14-20-13-15-11-8-7-9-12-15/h7-9,11-12,16H,4-6,10,13-14H2,1-3H3/t16-/m1/s1. The highest BCUT2D eigenvalue weighted by atomic mass is 16.5. The number of ether oxygens (including phenoxy) is 1. The summed E-state index contributed by atoms with van der Waals surface area (Å²) in [6.45, 7) is 8.79. The van der Waals surface area contributed by atoms with E-state index >= 15 is 0 Å². The van der Waals surface area contributed by atoms with Gasteiger partial charge >= 0.3 is 0 Å². The fraction of sp³-hybridized carbons (Fsp3) is 0.588. The summed E-state index contributed by atoms with van der Waals surface area (Å²) in [5, 5.41) is 0. The molecule has 1 aromatic rings. The van der Waals surface area contributed by atoms with Crippen molar-refractivity contribution in [1.29, 1.82) is 0 Å². The summed E-state index contributed by atoms with van der Waals surface area (Å²) < 4.78 is 5.75. The van der Waals surface area contributed by atoms with Crippen molar-refractivity contribution in [2.45, 2.75) is 40.2 Å². The van der Waals surface area contributed by atoms with Crippen LogP contribution in [-0.4, -0.2) is 30.5 Å². The molecule has 0 unspecified atom stereocenters. The lowest BCUT2D eigenvalue weighted by Crippen LogP contribution is -2.37. The molecule has 0 saturated carbocycles. The third kappa shape index (κ3) is 5.33. The largest absolute Gasteiger partial charge is 0.376 e. The van der Waals surface area contributed by atoms with Crippen LogP contribution < -0.4 is 0 Å². The van der Waals surface area contributed by atoms with Gasteiger partial charge in [-0.2, -0.15) is 0 Å². The van der Waals surface area contributed by atoms with Crippen LogP contribution >= 0.6 is 0 Å². The number of hydrogen-bond acceptors (Lipinski definition) is 2. The van der Waals surface area contributed by atoms with Crippen molar-refractivity contribution in [3.05, 3.63) is 35.9 Å². The monoisotopic (exact) mass is 277 g/mol. The van der Waals surface area contributed by atoms with Gasteiger partial charge in [0.1, 0.15) is 0 Å². The second kappa shape index (κ2) is 9.54. The second-order valence-electron chi connectivity index (χ2n) is 5.00. The van der Waals surface area contributed by atoms with Crippen LogP contribution in [0.2, 0.25) is 0 Å². The first-order chi connectivity index (χ1) is 9.72. The molecule has 0 aliphatic rings. The number of carbonyl (C=O) groups excluding carboxylic acids is 1. The van der Waals surface area contributed by atoms with Gasteiger partial charge in [-0.25, -0.2) is 0 Å². The Balaban J connectivity index is 2.48. The molecule has 0 aliphatic carbocycles. The Labute approximate surface area is 122 Å². The average Bonchev–Trinajstić information content (AvgIpc) is 2.48. The van der Waals surface area contributed by atoms with Gasteiger partial charge in [0.05, 0.1) is 19.1 Å². The maximum Gasteiger partial charge on any atom is 0.227 e. The molecule has 1 atom stereocenters. The summed E-state index contributed by atoms with van der Waals surface area (Å²) >= 11 is 0. The zero-order valence-electron chi connectivity index (χ0n) is 13.0. The van der Waals surface area contributed by atoms with Gasteiger partial charge in [-0.05, 0) is 25.8 Å². The number of hydrogen-bond donors (Lipinski definition) is 0. The Kier molecular flexibility index (Phi) is 7.97. The molecule has 0 N–H and O–H groups in total. The van der Waals surface area contributed by atoms with Crippen LogP contribution in [0, 0.1) is 5.92 Å². The normalized spacial score (nSPS) is 12.2. The quantitative estimate of drug-likeness (QED) is 0.691. The lowest BCUT2D eigenvalue weighted by atomic mass is 10.0. The summed E-state index contributed by atoms with van der Waals surface area (Å²) in [6.07, 6.45) is 1.90. The molecule has 1 amide bonds. The van der Waals surface area contributed by atoms with Gasteiger partial charge in [-0.3, -0.25) is 4.79 Å². The summed E-state index contributed by atoms with van der Waals surface area (Å²) in [5.74, 6) is 0.216. The predicted molar refractivity (Wildman–Crippen MR) is 82.4 cm³/mol. The Bertz CT molecular complexity index is 374. The Hall–Kier alpha value is -1.35. The van der Waals surface area contributed by atoms with Crippen LogP contribution in [0.25, 0.3) is 0 Å². The molecule has 20 heavy (non-hydrogen) atoms. The molecule has 112 valence electrons. The van der Waals surface area contributed by atoms with Crippen molar-refractivity contribution < 1.29 is 9.53 Å². The molecular weight excluding hydrogens is 250 g/mol. The molecule has 0 fully saturated rings. The van der Waals surface area contributed by atoms with E-state index in [1.54, 1.807) is 0 Å². The fourth-order valence-electron chi connectivity index (χ4n) is 2.31. The number of amides is 1. The number of benzene rings is 1. The molecule has 0 aliphatic heterocycles. The van der Waals surface area contributed by atoms with Crippen molar-refractivity contribution in [2.75, 3.05) is 19.7 Å². The highest BCUT2D eigenvalue weighted by Crippen LogP contribution is 2.13. The van der Waals surface area contributed by atoms with E-state index in [0.29, 0.717) is 13.2 Å². The molecular formula is C17H27NO2. The Morgan fingerprint density at radius 2 is 1.80 bits per heavy atom. The molecule has 0 heterocycles. The van der Waals surface area contributed by atoms with E-state index in [2.05, 4.69) is 6.92 Å². The first-order valence-corrected chi connectivity index (χ1v) is 7.63. The van der Waals surface area contributed by atoms with Crippen LogP contribution in [0.3, 0.4) is 0 Å². The van der Waals surface area contributed by atoms with Crippen molar-refractivity contribution >= 4 is 5.91 Å². The Morgan fingerprint density at radius 3 is 2.35 bits per heavy atom. The van der Waals surface area contributed by atoms with E-state index in [1.165, 1.54) is 0 Å². The van der Waals surface area contributed by atoms with E-state index in [-0.39, 0.29) is 11.8 Å². The highest BCUT2D eigenvalue weighted by Gasteiger charge is 2.21. The maximum atomic E-state index is 12.4. The fourth-order valence-corrected chi connectivity index (χ4v) is 2.31. The van der Waals surface area contributed by atoms with Crippen LogP contribution in [0.5, 0.6) is 0 Å². The lowest BCUT2D eigenvalue weighted by Gasteiger charge is -2.25. The van der Waals surface area contributed by atoms with Gasteiger partial charge in [0.25, 0.3) is 0 Å². The van der Waals surface area contributed by atoms with Gasteiger partial charge < -0.3 is 9.64 Å². The summed E-state index contributed by atoms with van der Waals surface area (Å²) in [5.41, 5.74) is 1.15. The summed E-state index contributed by atoms with van der Waals surface area (Å²) in [7, 11) is 0. The van der Waals surface area contributed by atoms with Crippen molar-refractivity contribution in [2.24, 2.45) is 5.92 Å². The van der Waals surface area contributed by atoms with Gasteiger partial charge in [0, 0.05) is 13.1 Å². The van der Waals surface area contributed by atoms with Gasteiger partial charge in [0.15, 0.2) is 0 Å². The first-order valence-electron chi connectivity index (χ1n) is 7.63. The molecule has 0 spiro atoms. The summed E-state index contributed by atoms with van der Waals surface area (Å²) in [6, 6.07) is 10.1. The summed E-state index contributed by atoms with van der Waals surface area (Å²) in [4.78, 5) is 14.3. The van der Waals surface area contributed by atoms with Gasteiger partial charge in [0.2, 0.25) is 5.91 Å². The van der Waals surface area contributed by atoms with E-state index in [4.69, 9.17) is 4.74 Å². The van der Waals surface area contributed by atoms with E-state index in [0.717, 1.165) is 31.5 Å². The average molecular weight is 277 g/mol. The highest BCUT2D eigenvalue weighted by molar-refractivity contribution is 5.78. The van der Waals surface area contributed by atoms with Crippen molar-refractivity contribution in [3.63, 3.8) is 0 Å². The SMILES string of the molecule is CCC[C@H](COCc1ccccc1)C(=O)N(CC)CC. The number of rotatable bonds is 9. The van der Waals surface area contributed by atoms with Crippen molar-refractivity contribution in [3.8, 4) is 0 Å². The molecule has 1 aromatic carbocycles. The Morgan fingerprint density at radius 1 is 1.15 bits per heavy atom. The minimum absolute atomic E-state index is 0.0105. The van der Waals surface area contributed by atoms with Crippen LogP contribution in [0.4, 0.5) is 0 Å². The molecule has 0 aromatic heterocycles. The van der Waals surface area contributed by atoms with Crippen LogP contribution in [0.1, 0.15) is 39.2 Å². The molecule has 0 bridgehead atoms. The molecule has 0 saturated heterocycles. The minimum atomic E-state index is -0.0105. The van der Waals surface area contributed by atoms with E-state index < -0.39 is 0 Å². The van der Waals surface area contributed by atoms with Crippen molar-refractivity contribution in [1.82, 2.24) is 4.90 Å². The van der Waals surface area contributed by atoms with E-state index in [9.17, 15) is 4.79 Å². The van der Waals surface area contributed by atoms with Crippen LogP contribution in [-0.2, 0) is 16.1 Å². The third-order valence-electron chi connectivity index (χ3n) is 3.49. The van der Waals surface area contributed by atoms with E-state index in [1.807, 2.05) is 49.1 Å². The predicted octanol–water partition coefficient (Wildman–Crippen LogP) is 3.49. The first kappa shape index (κ1) is 16.7. The molecule has 1 rings (SSSR count). The minimum Gasteiger partial charge on any atom is -0.376 e. The smallest absolute Gasteiger partial charge is 0.227 e. The maximum absolute atomic E-state index is 12.4. The lowest BCUT2D eigenvalue weighted by molar-refractivity contribution is -0.137. The number of nitrogens with zero attached hydrogens (tertiary/aromatic N) is 1. The van der Waals surface area contributed by atoms with Crippen LogP contribution in [0.15, 0.2) is 30.3 Å².